The van der Waals surface area contributed by atoms with E-state index in [1.165, 1.54) is 26.9 Å². The number of carbonyl (C=O) groups excluding carboxylic acids is 1. The van der Waals surface area contributed by atoms with Crippen LogP contribution in [0.25, 0.3) is 10.2 Å². The quantitative estimate of drug-likeness (QED) is 0.819. The summed E-state index contributed by atoms with van der Waals surface area (Å²) in [6, 6.07) is 2.02. The van der Waals surface area contributed by atoms with E-state index >= 15 is 0 Å². The van der Waals surface area contributed by atoms with Crippen LogP contribution in [0.4, 0.5) is 0 Å². The highest BCUT2D eigenvalue weighted by Crippen LogP contribution is 2.22. The molecule has 0 atom stereocenters. The van der Waals surface area contributed by atoms with Gasteiger partial charge in [-0.25, -0.2) is 4.79 Å². The van der Waals surface area contributed by atoms with E-state index in [2.05, 4.69) is 0 Å². The summed E-state index contributed by atoms with van der Waals surface area (Å²) >= 11 is 1.32. The Labute approximate surface area is 150 Å². The molecule has 2 aromatic heterocycles. The van der Waals surface area contributed by atoms with Crippen LogP contribution in [0.1, 0.15) is 45.4 Å². The molecule has 0 N–H and O–H groups in total. The lowest BCUT2D eigenvalue weighted by Crippen LogP contribution is -2.45. The molecule has 2 heterocycles. The maximum absolute atomic E-state index is 12.8. The van der Waals surface area contributed by atoms with Crippen molar-refractivity contribution in [1.82, 2.24) is 14.0 Å². The van der Waals surface area contributed by atoms with Gasteiger partial charge in [0.15, 0.2) is 0 Å². The van der Waals surface area contributed by atoms with Crippen LogP contribution < -0.4 is 11.2 Å². The van der Waals surface area contributed by atoms with Gasteiger partial charge in [0, 0.05) is 19.6 Å². The largest absolute Gasteiger partial charge is 0.341 e. The minimum Gasteiger partial charge on any atom is -0.341 e. The summed E-state index contributed by atoms with van der Waals surface area (Å²) in [5, 5.41) is 1.80. The lowest BCUT2D eigenvalue weighted by molar-refractivity contribution is -0.133. The number of carbonyl (C=O) groups is 1. The zero-order chi connectivity index (χ0) is 18.0. The first-order chi connectivity index (χ1) is 12.0. The lowest BCUT2D eigenvalue weighted by Gasteiger charge is -2.31. The standard InChI is InChI=1S/C18H25N3O3S/c1-3-10-20-17(23)16-14(9-11-25-16)21(18(20)24)12-15(22)19(2)13-7-5-4-6-8-13/h9,11,13H,3-8,10,12H2,1-2H3. The van der Waals surface area contributed by atoms with E-state index in [1.807, 2.05) is 14.0 Å². The van der Waals surface area contributed by atoms with Crippen LogP contribution in [0.3, 0.4) is 0 Å². The average molecular weight is 363 g/mol. The molecule has 0 radical (unpaired) electrons. The van der Waals surface area contributed by atoms with Gasteiger partial charge in [-0.15, -0.1) is 11.3 Å². The van der Waals surface area contributed by atoms with E-state index in [4.69, 9.17) is 0 Å². The molecule has 1 saturated carbocycles. The molecular weight excluding hydrogens is 338 g/mol. The molecule has 1 fully saturated rings. The third-order valence-corrected chi connectivity index (χ3v) is 5.98. The minimum atomic E-state index is -0.386. The Bertz CT molecular complexity index is 874. The van der Waals surface area contributed by atoms with Crippen molar-refractivity contribution in [3.05, 3.63) is 32.3 Å². The molecule has 2 aromatic rings. The molecule has 1 amide bonds. The fourth-order valence-electron chi connectivity index (χ4n) is 3.63. The summed E-state index contributed by atoms with van der Waals surface area (Å²) in [5.74, 6) is -0.0665. The predicted molar refractivity (Wildman–Crippen MR) is 100 cm³/mol. The van der Waals surface area contributed by atoms with Crippen LogP contribution in [0.5, 0.6) is 0 Å². The summed E-state index contributed by atoms with van der Waals surface area (Å²) in [7, 11) is 1.83. The maximum atomic E-state index is 12.8. The Kier molecular flexibility index (Phi) is 5.42. The molecule has 0 unspecified atom stereocenters. The Balaban J connectivity index is 1.95. The van der Waals surface area contributed by atoms with Gasteiger partial charge in [-0.05, 0) is 30.7 Å². The zero-order valence-electron chi connectivity index (χ0n) is 14.9. The van der Waals surface area contributed by atoms with E-state index in [9.17, 15) is 14.4 Å². The van der Waals surface area contributed by atoms with E-state index in [-0.39, 0.29) is 29.7 Å². The number of hydrogen-bond acceptors (Lipinski definition) is 4. The number of nitrogens with zero attached hydrogens (tertiary/aromatic N) is 3. The smallest absolute Gasteiger partial charge is 0.332 e. The van der Waals surface area contributed by atoms with Crippen molar-refractivity contribution >= 4 is 27.5 Å². The lowest BCUT2D eigenvalue weighted by atomic mass is 9.94. The summed E-state index contributed by atoms with van der Waals surface area (Å²) < 4.78 is 3.26. The topological polar surface area (TPSA) is 64.3 Å². The molecule has 136 valence electrons. The molecule has 1 aliphatic carbocycles. The van der Waals surface area contributed by atoms with Gasteiger partial charge in [0.1, 0.15) is 11.2 Å². The van der Waals surface area contributed by atoms with Gasteiger partial charge in [0.2, 0.25) is 5.91 Å². The normalized spacial score (nSPS) is 15.6. The first kappa shape index (κ1) is 17.9. The number of amides is 1. The first-order valence-corrected chi connectivity index (χ1v) is 9.89. The fraction of sp³-hybridized carbons (Fsp3) is 0.611. The van der Waals surface area contributed by atoms with Crippen molar-refractivity contribution < 1.29 is 4.79 Å². The average Bonchev–Trinajstić information content (AvgIpc) is 3.12. The Morgan fingerprint density at radius 1 is 1.24 bits per heavy atom. The van der Waals surface area contributed by atoms with Crippen LogP contribution in [0.15, 0.2) is 21.0 Å². The second kappa shape index (κ2) is 7.56. The Morgan fingerprint density at radius 2 is 1.96 bits per heavy atom. The number of aromatic nitrogens is 2. The van der Waals surface area contributed by atoms with Gasteiger partial charge < -0.3 is 4.90 Å². The number of likely N-dealkylation sites (N-methyl/N-ethyl adjacent to an activating group) is 1. The van der Waals surface area contributed by atoms with Crippen molar-refractivity contribution in [3.63, 3.8) is 0 Å². The van der Waals surface area contributed by atoms with Crippen LogP contribution in [0.2, 0.25) is 0 Å². The minimum absolute atomic E-state index is 0.0109. The summed E-state index contributed by atoms with van der Waals surface area (Å²) in [5.41, 5.74) is -0.0675. The molecule has 3 rings (SSSR count). The van der Waals surface area contributed by atoms with E-state index in [1.54, 1.807) is 16.3 Å². The fourth-order valence-corrected chi connectivity index (χ4v) is 4.47. The Hall–Kier alpha value is -1.89. The third kappa shape index (κ3) is 3.42. The van der Waals surface area contributed by atoms with Gasteiger partial charge in [-0.3, -0.25) is 18.7 Å². The molecular formula is C18H25N3O3S. The summed E-state index contributed by atoms with van der Waals surface area (Å²) in [6.07, 6.45) is 6.29. The summed E-state index contributed by atoms with van der Waals surface area (Å²) in [6.45, 7) is 2.29. The molecule has 0 saturated heterocycles. The zero-order valence-corrected chi connectivity index (χ0v) is 15.7. The van der Waals surface area contributed by atoms with Gasteiger partial charge in [0.25, 0.3) is 5.56 Å². The highest BCUT2D eigenvalue weighted by atomic mass is 32.1. The van der Waals surface area contributed by atoms with Crippen molar-refractivity contribution in [1.29, 1.82) is 0 Å². The highest BCUT2D eigenvalue weighted by Gasteiger charge is 2.24. The molecule has 0 spiro atoms. The van der Waals surface area contributed by atoms with E-state index < -0.39 is 0 Å². The predicted octanol–water partition coefficient (Wildman–Crippen LogP) is 2.43. The molecule has 1 aliphatic rings. The van der Waals surface area contributed by atoms with Crippen LogP contribution >= 0.6 is 11.3 Å². The van der Waals surface area contributed by atoms with Crippen LogP contribution in [-0.2, 0) is 17.9 Å². The third-order valence-electron chi connectivity index (χ3n) is 5.09. The number of rotatable bonds is 5. The Morgan fingerprint density at radius 3 is 2.64 bits per heavy atom. The van der Waals surface area contributed by atoms with Crippen molar-refractivity contribution in [3.8, 4) is 0 Å². The van der Waals surface area contributed by atoms with E-state index in [0.29, 0.717) is 23.2 Å². The SMILES string of the molecule is CCCn1c(=O)c2sccc2n(CC(=O)N(C)C2CCCCC2)c1=O. The van der Waals surface area contributed by atoms with Gasteiger partial charge in [-0.2, -0.15) is 0 Å². The molecule has 25 heavy (non-hydrogen) atoms. The monoisotopic (exact) mass is 363 g/mol. The van der Waals surface area contributed by atoms with Crippen LogP contribution in [0, 0.1) is 0 Å². The van der Waals surface area contributed by atoms with Gasteiger partial charge in [-0.1, -0.05) is 26.2 Å². The second-order valence-corrected chi connectivity index (χ2v) is 7.67. The van der Waals surface area contributed by atoms with E-state index in [0.717, 1.165) is 25.7 Å². The van der Waals surface area contributed by atoms with Crippen molar-refractivity contribution in [2.75, 3.05) is 7.05 Å². The van der Waals surface area contributed by atoms with Crippen molar-refractivity contribution in [2.24, 2.45) is 0 Å². The maximum Gasteiger partial charge on any atom is 0.332 e. The number of thiophene rings is 1. The molecule has 0 aromatic carbocycles. The molecule has 6 nitrogen and oxygen atoms in total. The second-order valence-electron chi connectivity index (χ2n) is 6.76. The van der Waals surface area contributed by atoms with Crippen molar-refractivity contribution in [2.45, 2.75) is 64.6 Å². The molecule has 0 bridgehead atoms. The van der Waals surface area contributed by atoms with Gasteiger partial charge >= 0.3 is 5.69 Å². The first-order valence-electron chi connectivity index (χ1n) is 9.01. The molecule has 7 heteroatoms. The van der Waals surface area contributed by atoms with Gasteiger partial charge in [0.05, 0.1) is 5.52 Å². The highest BCUT2D eigenvalue weighted by molar-refractivity contribution is 7.17. The van der Waals surface area contributed by atoms with Crippen LogP contribution in [-0.4, -0.2) is 33.0 Å². The number of fused-ring (bicyclic) bond motifs is 1. The summed E-state index contributed by atoms with van der Waals surface area (Å²) in [4.78, 5) is 39.8. The number of hydrogen-bond donors (Lipinski definition) is 0. The molecule has 0 aliphatic heterocycles.